The Bertz CT molecular complexity index is 5420. The number of pyridine rings is 2. The van der Waals surface area contributed by atoms with Gasteiger partial charge in [0.1, 0.15) is 99.1 Å². The summed E-state index contributed by atoms with van der Waals surface area (Å²) in [6, 6.07) is 34.0. The predicted molar refractivity (Wildman–Crippen MR) is 439 cm³/mol. The lowest BCUT2D eigenvalue weighted by atomic mass is 9.78. The van der Waals surface area contributed by atoms with Crippen LogP contribution in [-0.4, -0.2) is 181 Å². The number of hydrogen-bond acceptors (Lipinski definition) is 20. The number of alkyl halides is 12. The third-order valence-electron chi connectivity index (χ3n) is 20.0. The van der Waals surface area contributed by atoms with Crippen LogP contribution in [0.1, 0.15) is 76.8 Å². The molecule has 634 valence electrons. The van der Waals surface area contributed by atoms with Gasteiger partial charge in [0.05, 0.1) is 101 Å². The molecule has 11 heterocycles. The van der Waals surface area contributed by atoms with Crippen LogP contribution in [0.3, 0.4) is 0 Å². The van der Waals surface area contributed by atoms with Crippen molar-refractivity contribution in [2.75, 3.05) is 117 Å². The molecule has 0 amide bonds. The number of hydrogen-bond donors (Lipinski definition) is 1. The molecule has 17 rings (SSSR count). The van der Waals surface area contributed by atoms with Crippen molar-refractivity contribution in [2.24, 2.45) is 0 Å². The van der Waals surface area contributed by atoms with Crippen molar-refractivity contribution in [3.8, 4) is 62.4 Å². The Labute approximate surface area is 700 Å². The van der Waals surface area contributed by atoms with Gasteiger partial charge in [-0.3, -0.25) is 15.0 Å². The Kier molecular flexibility index (Phi) is 25.6. The van der Waals surface area contributed by atoms with Gasteiger partial charge >= 0.3 is 37.9 Å². The van der Waals surface area contributed by atoms with Gasteiger partial charge in [-0.05, 0) is 176 Å². The van der Waals surface area contributed by atoms with Crippen molar-refractivity contribution in [3.63, 3.8) is 0 Å². The summed E-state index contributed by atoms with van der Waals surface area (Å²) in [5.74, 6) is 2.72. The molecule has 7 aliphatic rings. The molecule has 36 heteroatoms. The molecule has 5 aromatic carbocycles. The minimum Gasteiger partial charge on any atom is -0.490 e. The molecule has 1 N–H and O–H groups in total. The van der Waals surface area contributed by atoms with Gasteiger partial charge in [-0.2, -0.15) is 52.7 Å². The van der Waals surface area contributed by atoms with Crippen LogP contribution in [0.15, 0.2) is 161 Å². The second kappa shape index (κ2) is 35.2. The highest BCUT2D eigenvalue weighted by atomic mass is 79.9. The SMILES string of the molecule is Brc1ccc2c(c1)NCCO2.CC1(C)OB(c2ccc3c(c2)N(CC(F)(F)F)CCO3)OC1(C)C.Cc1cc(-c2cnc3c(n2)C(c2ccc4c(c2)N(CC(F)(F)F)CCO4)=CC3)ccn1.Cc1cc(-c2cnc3c(n2)c(-c2ccc4c(c2)N(CC(F)(F)F)CCO4)cn3C(=O)OC(C)(C)C)ccn1.FC(F)(F)CN1CCOc2ccc(Br)cc21. The first-order valence-electron chi connectivity index (χ1n) is 38.1. The molecule has 0 unspecified atom stereocenters. The smallest absolute Gasteiger partial charge is 0.490 e. The summed E-state index contributed by atoms with van der Waals surface area (Å²) in [6.45, 7) is 16.0. The monoisotopic (exact) mass is 1800 g/mol. The number of nitrogens with one attached hydrogen (secondary N) is 1. The van der Waals surface area contributed by atoms with Crippen LogP contribution in [-0.2, 0) is 20.5 Å². The molecule has 120 heavy (non-hydrogen) atoms. The zero-order chi connectivity index (χ0) is 86.0. The lowest BCUT2D eigenvalue weighted by Gasteiger charge is -2.32. The van der Waals surface area contributed by atoms with Crippen LogP contribution in [0.4, 0.5) is 85.9 Å². The maximum atomic E-state index is 13.3. The normalized spacial score (nSPS) is 16.2. The van der Waals surface area contributed by atoms with E-state index in [0.29, 0.717) is 80.0 Å². The van der Waals surface area contributed by atoms with E-state index in [9.17, 15) is 57.5 Å². The van der Waals surface area contributed by atoms with Crippen LogP contribution in [0.2, 0.25) is 0 Å². The fraction of sp³-hybridized carbons (Fsp3) is 0.369. The van der Waals surface area contributed by atoms with Gasteiger partial charge in [0.2, 0.25) is 0 Å². The molecule has 1 saturated heterocycles. The van der Waals surface area contributed by atoms with E-state index in [2.05, 4.69) is 57.1 Å². The Morgan fingerprint density at radius 2 is 0.950 bits per heavy atom. The van der Waals surface area contributed by atoms with Gasteiger partial charge in [-0.1, -0.05) is 56.1 Å². The van der Waals surface area contributed by atoms with E-state index in [1.807, 2.05) is 90.1 Å². The summed E-state index contributed by atoms with van der Waals surface area (Å²) in [4.78, 5) is 45.4. The number of fused-ring (bicyclic) bond motifs is 7. The van der Waals surface area contributed by atoms with Gasteiger partial charge in [-0.25, -0.2) is 24.3 Å². The Balaban J connectivity index is 0.000000137. The molecular formula is C84H83BBr2F12N12O9. The zero-order valence-electron chi connectivity index (χ0n) is 66.5. The van der Waals surface area contributed by atoms with Crippen molar-refractivity contribution in [2.45, 2.75) is 110 Å². The zero-order valence-corrected chi connectivity index (χ0v) is 69.7. The van der Waals surface area contributed by atoms with Crippen molar-refractivity contribution in [1.82, 2.24) is 34.5 Å². The Morgan fingerprint density at radius 3 is 1.46 bits per heavy atom. The third-order valence-corrected chi connectivity index (χ3v) is 21.0. The summed E-state index contributed by atoms with van der Waals surface area (Å²) < 4.78 is 202. The maximum Gasteiger partial charge on any atom is 0.494 e. The number of halogens is 14. The summed E-state index contributed by atoms with van der Waals surface area (Å²) in [7, 11) is -0.616. The highest BCUT2D eigenvalue weighted by Crippen LogP contribution is 2.45. The first-order chi connectivity index (χ1) is 56.5. The largest absolute Gasteiger partial charge is 0.494 e. The van der Waals surface area contributed by atoms with Crippen molar-refractivity contribution in [1.29, 1.82) is 0 Å². The number of benzene rings is 5. The molecular weight excluding hydrogens is 1720 g/mol. The van der Waals surface area contributed by atoms with Gasteiger partial charge in [-0.15, -0.1) is 0 Å². The molecule has 0 atom stereocenters. The molecule has 6 aliphatic heterocycles. The number of allylic oxidation sites excluding steroid dienone is 1. The Hall–Kier alpha value is -10.6. The molecule has 1 aliphatic carbocycles. The lowest BCUT2D eigenvalue weighted by molar-refractivity contribution is -0.121. The first-order valence-corrected chi connectivity index (χ1v) is 39.7. The van der Waals surface area contributed by atoms with E-state index in [0.717, 1.165) is 84.3 Å². The van der Waals surface area contributed by atoms with Crippen molar-refractivity contribution >= 4 is 95.7 Å². The third kappa shape index (κ3) is 21.8. The van der Waals surface area contributed by atoms with Crippen molar-refractivity contribution in [3.05, 3.63) is 190 Å². The summed E-state index contributed by atoms with van der Waals surface area (Å²) >= 11 is 6.63. The molecule has 0 radical (unpaired) electrons. The van der Waals surface area contributed by atoms with E-state index >= 15 is 0 Å². The van der Waals surface area contributed by atoms with Crippen LogP contribution in [0, 0.1) is 13.8 Å². The summed E-state index contributed by atoms with van der Waals surface area (Å²) in [6.07, 6.45) is -6.85. The van der Waals surface area contributed by atoms with E-state index < -0.39 is 80.9 Å². The number of anilines is 5. The van der Waals surface area contributed by atoms with Crippen LogP contribution in [0.5, 0.6) is 28.7 Å². The minimum absolute atomic E-state index is 0.0982. The first kappa shape index (κ1) is 87.2. The maximum absolute atomic E-state index is 13.3. The summed E-state index contributed by atoms with van der Waals surface area (Å²) in [5, 5.41) is 3.25. The lowest BCUT2D eigenvalue weighted by Crippen LogP contribution is -2.41. The fourth-order valence-electron chi connectivity index (χ4n) is 13.8. The average molecular weight is 1800 g/mol. The van der Waals surface area contributed by atoms with E-state index in [1.165, 1.54) is 24.2 Å². The highest BCUT2D eigenvalue weighted by molar-refractivity contribution is 9.10. The van der Waals surface area contributed by atoms with Gasteiger partial charge in [0.25, 0.3) is 0 Å². The van der Waals surface area contributed by atoms with Crippen LogP contribution >= 0.6 is 31.9 Å². The fourth-order valence-corrected chi connectivity index (χ4v) is 14.6. The molecule has 0 spiro atoms. The quantitative estimate of drug-likeness (QED) is 0.106. The number of aromatic nitrogens is 7. The number of rotatable bonds is 9. The molecule has 0 bridgehead atoms. The number of nitrogens with zero attached hydrogens (tertiary/aromatic N) is 11. The summed E-state index contributed by atoms with van der Waals surface area (Å²) in [5.41, 5.74) is 11.4. The number of ether oxygens (including phenoxy) is 6. The standard InChI is InChI=1S/C27H26F3N5O3.C23H19F3N4O.C16H21BF3NO3.C10H9BrF3NO.C8H8BrNO/c1-16-11-18(7-8-31-16)20-13-32-24-23(33-20)19(14-35(24)25(36)38-26(2,3)4)17-5-6-22-21(12-17)34(9-10-37-22)15-27(28,29)30;1-14-10-16(6-7-27-14)19-12-28-18-4-3-17(22(18)29-19)15-2-5-21-20(11-15)30(8-9-31-21)13-23(24,25)26;1-14(2)15(3,4)24-17(23-14)11-5-6-13-12(9-11)21(7-8-22-13)10-16(18,19)20;11-7-1-2-9-8(5-7)15(3-4-16-9)6-10(12,13)14;9-6-1-2-8-7(5-6)10-3-4-11-8/h5-8,11-14H,9-10,15H2,1-4H3;2-3,5-7,10-12H,4,8-9,13H2,1H3;5-6,9H,7-8,10H2,1-4H3;1-2,5H,3-4,6H2;1-2,5,10H,3-4H2. The number of carbonyl (C=O) groups is 1. The minimum atomic E-state index is -4.37. The molecule has 5 aromatic heterocycles. The molecule has 10 aromatic rings. The Morgan fingerprint density at radius 1 is 0.508 bits per heavy atom. The van der Waals surface area contributed by atoms with Gasteiger partial charge in [0.15, 0.2) is 5.65 Å². The molecule has 1 fully saturated rings. The highest BCUT2D eigenvalue weighted by Gasteiger charge is 2.52. The second-order valence-corrected chi connectivity index (χ2v) is 32.6. The predicted octanol–water partition coefficient (Wildman–Crippen LogP) is 18.8. The molecule has 0 saturated carbocycles. The molecule has 21 nitrogen and oxygen atoms in total. The van der Waals surface area contributed by atoms with E-state index in [4.69, 9.17) is 47.7 Å². The average Bonchev–Trinajstić information content (AvgIpc) is 1.61. The second-order valence-electron chi connectivity index (χ2n) is 30.8. The van der Waals surface area contributed by atoms with Gasteiger partial charge < -0.3 is 62.6 Å². The number of carbonyl (C=O) groups excluding carboxylic acids is 1. The topological polar surface area (TPSA) is 198 Å². The van der Waals surface area contributed by atoms with Crippen LogP contribution in [0.25, 0.3) is 50.4 Å². The number of aryl methyl sites for hydroxylation is 2. The van der Waals surface area contributed by atoms with Crippen molar-refractivity contribution < 1.29 is 95.2 Å². The van der Waals surface area contributed by atoms with Crippen LogP contribution < -0.4 is 54.1 Å². The van der Waals surface area contributed by atoms with Gasteiger partial charge in [0, 0.05) is 74.2 Å². The van der Waals surface area contributed by atoms with E-state index in [-0.39, 0.29) is 58.3 Å². The van der Waals surface area contributed by atoms with E-state index in [1.54, 1.807) is 125 Å².